The number of piperidine rings is 1. The summed E-state index contributed by atoms with van der Waals surface area (Å²) in [6.07, 6.45) is 4.77. The molecule has 1 aliphatic carbocycles. The maximum atomic E-state index is 15.1. The Balaban J connectivity index is 0.784. The normalized spacial score (nSPS) is 17.8. The van der Waals surface area contributed by atoms with Crippen LogP contribution in [-0.2, 0) is 78.4 Å². The molecule has 6 aromatic rings. The Morgan fingerprint density at radius 3 is 1.82 bits per heavy atom. The molecule has 4 heterocycles. The second kappa shape index (κ2) is 44.3. The van der Waals surface area contributed by atoms with Crippen LogP contribution in [0.1, 0.15) is 93.0 Å². The highest BCUT2D eigenvalue weighted by molar-refractivity contribution is 7.80. The van der Waals surface area contributed by atoms with E-state index in [-0.39, 0.29) is 105 Å². The number of urea groups is 1. The maximum Gasteiger partial charge on any atom is 0.324 e. The number of nitrogens with zero attached hydrogens (tertiary/aromatic N) is 4. The van der Waals surface area contributed by atoms with Crippen molar-refractivity contribution in [1.29, 1.82) is 0 Å². The maximum absolute atomic E-state index is 15.1. The standard InChI is InChI=1S/C81H113N19O14S2/c1-5-58(73(106)94-67(47-116)79(112)96-71(48(3)101)72(83)105)90-74(107)61(21-12-13-27-82)91-77(110)65(39-51-41-86-59-20-11-10-18-55(51)59)93-76(109)64(37-50-23-25-54(102)26-24-50)92-78(111)66(46-115)95-75(108)63(36-49-16-8-7-9-17-49)89-69(104)45-99-34-32-98(33-35-99)31-28-85-68(103)44-97(4)29-15-30-100(81(114)84-6-2)80(113)53-38-57-56-19-14-22-60-70(56)52(42-87-60)40-62(57)88-43-53/h7-11,14,16-20,22-26,41-42,48,53,57-58,61-67,71,86-88,101-102,115-116H,5-6,12-13,15,21,27-40,43-47,82H2,1-4H3,(H2,83,105)(H,84,114)(H,85,103)(H,89,104)(H,90,107)(H,91,110)(H,92,111)(H,93,109)(H,94,106)(H,95,108)(H,96,112)/t48-,53-,57?,58+,61+,62?,63-,64+,65-,66+,67+,71+/m1/s1. The number of aromatic hydroxyl groups is 1. The van der Waals surface area contributed by atoms with E-state index in [4.69, 9.17) is 11.5 Å². The number of fused-ring (bicyclic) bond motifs is 3. The van der Waals surface area contributed by atoms with Gasteiger partial charge in [0.2, 0.25) is 65.0 Å². The van der Waals surface area contributed by atoms with Crippen molar-refractivity contribution in [1.82, 2.24) is 88.1 Å². The van der Waals surface area contributed by atoms with Crippen molar-refractivity contribution >= 4 is 118 Å². The van der Waals surface area contributed by atoms with Gasteiger partial charge in [0.1, 0.15) is 54.1 Å². The lowest BCUT2D eigenvalue weighted by molar-refractivity contribution is -0.136. The summed E-state index contributed by atoms with van der Waals surface area (Å²) in [5.41, 5.74) is 17.3. The Kier molecular flexibility index (Phi) is 34.3. The number of likely N-dealkylation sites (N-methyl/N-ethyl adjacent to an activating group) is 1. The molecule has 0 saturated carbocycles. The number of imide groups is 1. The van der Waals surface area contributed by atoms with Gasteiger partial charge in [-0.1, -0.05) is 79.7 Å². The summed E-state index contributed by atoms with van der Waals surface area (Å²) in [6, 6.07) is 17.1. The van der Waals surface area contributed by atoms with E-state index in [2.05, 4.69) is 117 Å². The molecule has 35 heteroatoms. The molecule has 0 radical (unpaired) electrons. The van der Waals surface area contributed by atoms with Crippen molar-refractivity contribution in [2.75, 3.05) is 104 Å². The summed E-state index contributed by atoms with van der Waals surface area (Å²) < 4.78 is 0. The summed E-state index contributed by atoms with van der Waals surface area (Å²) in [4.78, 5) is 181. The zero-order valence-electron chi connectivity index (χ0n) is 66.1. The largest absolute Gasteiger partial charge is 0.508 e. The Morgan fingerprint density at radius 1 is 0.603 bits per heavy atom. The van der Waals surface area contributed by atoms with Gasteiger partial charge in [-0.25, -0.2) is 4.79 Å². The van der Waals surface area contributed by atoms with Crippen LogP contribution >= 0.6 is 25.3 Å². The number of benzene rings is 4. The van der Waals surface area contributed by atoms with Crippen LogP contribution in [0.2, 0.25) is 0 Å². The Labute approximate surface area is 685 Å². The number of aromatic nitrogens is 2. The molecule has 2 unspecified atom stereocenters. The fourth-order valence-electron chi connectivity index (χ4n) is 15.0. The monoisotopic (exact) mass is 1640 g/mol. The lowest BCUT2D eigenvalue weighted by Crippen LogP contribution is -2.61. The minimum absolute atomic E-state index is 0.000683. The van der Waals surface area contributed by atoms with Crippen LogP contribution < -0.4 is 70.0 Å². The van der Waals surface area contributed by atoms with Gasteiger partial charge in [-0.05, 0) is 124 Å². The predicted octanol–water partition coefficient (Wildman–Crippen LogP) is -0.542. The number of piperazine rings is 1. The van der Waals surface area contributed by atoms with Gasteiger partial charge in [0.25, 0.3) is 0 Å². The van der Waals surface area contributed by atoms with Gasteiger partial charge in [0, 0.05) is 142 Å². The molecule has 12 atom stereocenters. The topological polar surface area (TPSA) is 474 Å². The van der Waals surface area contributed by atoms with Gasteiger partial charge in [-0.15, -0.1) is 0 Å². The lowest BCUT2D eigenvalue weighted by atomic mass is 9.73. The van der Waals surface area contributed by atoms with Crippen molar-refractivity contribution in [3.63, 3.8) is 0 Å². The molecule has 116 heavy (non-hydrogen) atoms. The zero-order valence-corrected chi connectivity index (χ0v) is 67.9. The number of aromatic amines is 2. The molecule has 13 amide bonds. The first-order valence-electron chi connectivity index (χ1n) is 39.8. The fraction of sp³-hybridized carbons (Fsp3) is 0.506. The molecule has 9 rings (SSSR count). The fourth-order valence-corrected chi connectivity index (χ4v) is 15.6. The first kappa shape index (κ1) is 89.8. The number of hydrogen-bond acceptors (Lipinski definition) is 21. The number of primary amides is 1. The molecule has 33 nitrogen and oxygen atoms in total. The van der Waals surface area contributed by atoms with E-state index < -0.39 is 114 Å². The molecular weight excluding hydrogens is 1530 g/mol. The Hall–Kier alpha value is -10.1. The van der Waals surface area contributed by atoms with Crippen LogP contribution in [0.5, 0.6) is 5.75 Å². The molecular formula is C81H113N19O14S2. The molecule has 2 aromatic heterocycles. The summed E-state index contributed by atoms with van der Waals surface area (Å²) in [5.74, 6) is -8.54. The van der Waals surface area contributed by atoms with Gasteiger partial charge in [0.15, 0.2) is 0 Å². The highest BCUT2D eigenvalue weighted by Gasteiger charge is 2.42. The number of thiol groups is 2. The number of aliphatic hydroxyl groups excluding tert-OH is 1. The molecule has 2 saturated heterocycles. The van der Waals surface area contributed by atoms with Crippen LogP contribution in [0.25, 0.3) is 21.8 Å². The number of H-pyrrole nitrogens is 2. The van der Waals surface area contributed by atoms with Crippen LogP contribution in [-0.4, -0.2) is 275 Å². The van der Waals surface area contributed by atoms with Gasteiger partial charge in [0.05, 0.1) is 25.1 Å². The number of phenolic OH excluding ortho intramolecular Hbond substituents is 1. The highest BCUT2D eigenvalue weighted by Crippen LogP contribution is 2.42. The van der Waals surface area contributed by atoms with Gasteiger partial charge >= 0.3 is 6.03 Å². The zero-order chi connectivity index (χ0) is 83.5. The number of nitrogens with two attached hydrogens (primary N) is 2. The number of carbonyl (C=O) groups is 12. The predicted molar refractivity (Wildman–Crippen MR) is 445 cm³/mol. The summed E-state index contributed by atoms with van der Waals surface area (Å²) in [5, 5.41) is 53.1. The third kappa shape index (κ3) is 25.4. The van der Waals surface area contributed by atoms with E-state index in [0.717, 1.165) is 11.9 Å². The van der Waals surface area contributed by atoms with Gasteiger partial charge in [-0.2, -0.15) is 25.3 Å². The SMILES string of the molecule is CCNC(=O)N(CCCN(C)CC(=O)NCCN1CCN(CC(=O)N[C@H](Cc2ccccc2)C(=O)N[C@@H](CS)C(=O)N[C@@H](Cc2ccc(O)cc2)C(=O)N[C@H](Cc2c[nH]c3ccccc23)C(=O)N[C@@H](CCCCN)C(=O)N[C@@H](CC)C(=O)N[C@@H](CS)C(=O)N[C@H](C(N)=O)[C@@H](C)O)CC1)C(=O)[C@H]1CNC2Cc3c[nH]c4cccc(c34)C2C1. The van der Waals surface area contributed by atoms with E-state index >= 15 is 4.79 Å². The van der Waals surface area contributed by atoms with Gasteiger partial charge in [-0.3, -0.25) is 72.3 Å². The minimum Gasteiger partial charge on any atom is -0.508 e. The molecule has 19 N–H and O–H groups in total. The minimum atomic E-state index is -1.48. The molecule has 628 valence electrons. The number of amides is 13. The van der Waals surface area contributed by atoms with Crippen molar-refractivity contribution in [2.24, 2.45) is 17.4 Å². The molecule has 3 aliphatic rings. The molecule has 2 aliphatic heterocycles. The molecule has 2 fully saturated rings. The average Bonchev–Trinajstić information content (AvgIpc) is 1.53. The van der Waals surface area contributed by atoms with Crippen LogP contribution in [0.15, 0.2) is 109 Å². The lowest BCUT2D eigenvalue weighted by Gasteiger charge is -2.40. The van der Waals surface area contributed by atoms with Crippen LogP contribution in [0, 0.1) is 5.92 Å². The summed E-state index contributed by atoms with van der Waals surface area (Å²) in [7, 11) is 1.82. The van der Waals surface area contributed by atoms with Crippen molar-refractivity contribution in [3.8, 4) is 5.75 Å². The summed E-state index contributed by atoms with van der Waals surface area (Å²) >= 11 is 8.67. The molecule has 4 aromatic carbocycles. The Morgan fingerprint density at radius 2 is 1.17 bits per heavy atom. The Bertz CT molecular complexity index is 4350. The third-order valence-electron chi connectivity index (χ3n) is 21.4. The van der Waals surface area contributed by atoms with Crippen molar-refractivity contribution in [3.05, 3.63) is 137 Å². The molecule has 0 bridgehead atoms. The number of hydrogen-bond donors (Lipinski definition) is 19. The highest BCUT2D eigenvalue weighted by atomic mass is 32.1. The first-order chi connectivity index (χ1) is 55.8. The van der Waals surface area contributed by atoms with Crippen molar-refractivity contribution in [2.45, 2.75) is 151 Å². The van der Waals surface area contributed by atoms with E-state index in [9.17, 15) is 63.0 Å². The van der Waals surface area contributed by atoms with Crippen LogP contribution in [0.4, 0.5) is 4.79 Å². The van der Waals surface area contributed by atoms with E-state index in [1.807, 2.05) is 48.0 Å². The van der Waals surface area contributed by atoms with E-state index in [0.29, 0.717) is 112 Å². The van der Waals surface area contributed by atoms with E-state index in [1.165, 1.54) is 52.6 Å². The van der Waals surface area contributed by atoms with Crippen LogP contribution in [0.3, 0.4) is 0 Å². The second-order valence-corrected chi connectivity index (χ2v) is 30.8. The number of unbranched alkanes of at least 4 members (excludes halogenated alkanes) is 1. The number of aliphatic hydroxyl groups is 1. The third-order valence-corrected chi connectivity index (χ3v) is 22.2. The number of nitrogens with one attached hydrogen (secondary N) is 13. The number of carbonyl (C=O) groups excluding carboxylic acids is 12. The summed E-state index contributed by atoms with van der Waals surface area (Å²) in [6.45, 7) is 9.54. The first-order valence-corrected chi connectivity index (χ1v) is 41.0. The van der Waals surface area contributed by atoms with Crippen molar-refractivity contribution < 1.29 is 67.7 Å². The number of para-hydroxylation sites is 1. The quantitative estimate of drug-likeness (QED) is 0.0169. The van der Waals surface area contributed by atoms with Gasteiger partial charge < -0.3 is 90.1 Å². The number of phenols is 1. The van der Waals surface area contributed by atoms with E-state index in [1.54, 1.807) is 49.5 Å². The second-order valence-electron chi connectivity index (χ2n) is 30.0. The average molecular weight is 1640 g/mol. The number of rotatable bonds is 43. The molecule has 0 spiro atoms. The smallest absolute Gasteiger partial charge is 0.324 e.